The summed E-state index contributed by atoms with van der Waals surface area (Å²) in [6, 6.07) is 7.49. The van der Waals surface area contributed by atoms with E-state index in [0.717, 1.165) is 49.6 Å². The molecule has 2 amide bonds. The lowest BCUT2D eigenvalue weighted by atomic mass is 9.93. The van der Waals surface area contributed by atoms with Gasteiger partial charge in [-0.25, -0.2) is 0 Å². The first-order valence-corrected chi connectivity index (χ1v) is 8.37. The Bertz CT molecular complexity index is 520. The second-order valence-corrected chi connectivity index (χ2v) is 6.27. The van der Waals surface area contributed by atoms with Crippen molar-refractivity contribution in [3.63, 3.8) is 0 Å². The predicted octanol–water partition coefficient (Wildman–Crippen LogP) is 2.04. The molecular formula is C18H27N3O2. The summed E-state index contributed by atoms with van der Waals surface area (Å²) >= 11 is 0. The smallest absolute Gasteiger partial charge is 0.226 e. The molecule has 23 heavy (non-hydrogen) atoms. The molecule has 1 saturated heterocycles. The summed E-state index contributed by atoms with van der Waals surface area (Å²) < 4.78 is 0. The SMILES string of the molecule is CNCCC1CCN(C(=O)Cc2ccc(NC(C)=O)cc2)CC1. The Kier molecular flexibility index (Phi) is 6.59. The van der Waals surface area contributed by atoms with Crippen molar-refractivity contribution in [3.05, 3.63) is 29.8 Å². The highest BCUT2D eigenvalue weighted by Crippen LogP contribution is 2.21. The number of nitrogens with zero attached hydrogens (tertiary/aromatic N) is 1. The Morgan fingerprint density at radius 1 is 1.17 bits per heavy atom. The van der Waals surface area contributed by atoms with Crippen molar-refractivity contribution in [3.8, 4) is 0 Å². The van der Waals surface area contributed by atoms with E-state index in [0.29, 0.717) is 6.42 Å². The fraction of sp³-hybridized carbons (Fsp3) is 0.556. The highest BCUT2D eigenvalue weighted by Gasteiger charge is 2.22. The maximum Gasteiger partial charge on any atom is 0.226 e. The molecule has 1 heterocycles. The van der Waals surface area contributed by atoms with Crippen LogP contribution in [0.4, 0.5) is 5.69 Å². The minimum absolute atomic E-state index is 0.0880. The molecule has 1 aliphatic heterocycles. The standard InChI is InChI=1S/C18H27N3O2/c1-14(22)20-17-5-3-16(4-6-17)13-18(23)21-11-8-15(9-12-21)7-10-19-2/h3-6,15,19H,7-13H2,1-2H3,(H,20,22). The highest BCUT2D eigenvalue weighted by atomic mass is 16.2. The summed E-state index contributed by atoms with van der Waals surface area (Å²) in [5, 5.41) is 5.92. The average molecular weight is 317 g/mol. The third kappa shape index (κ3) is 5.67. The quantitative estimate of drug-likeness (QED) is 0.844. The number of anilines is 1. The Labute approximate surface area is 138 Å². The van der Waals surface area contributed by atoms with Crippen molar-refractivity contribution in [1.82, 2.24) is 10.2 Å². The van der Waals surface area contributed by atoms with Crippen LogP contribution in [-0.2, 0) is 16.0 Å². The van der Waals surface area contributed by atoms with Crippen LogP contribution in [-0.4, -0.2) is 43.4 Å². The van der Waals surface area contributed by atoms with Crippen molar-refractivity contribution in [2.75, 3.05) is 32.0 Å². The molecule has 5 heteroatoms. The Morgan fingerprint density at radius 3 is 2.39 bits per heavy atom. The average Bonchev–Trinajstić information content (AvgIpc) is 2.54. The normalized spacial score (nSPS) is 15.5. The van der Waals surface area contributed by atoms with Gasteiger partial charge in [-0.15, -0.1) is 0 Å². The second kappa shape index (κ2) is 8.67. The zero-order chi connectivity index (χ0) is 16.7. The van der Waals surface area contributed by atoms with Gasteiger partial charge in [0.25, 0.3) is 0 Å². The van der Waals surface area contributed by atoms with Gasteiger partial charge in [-0.1, -0.05) is 12.1 Å². The summed E-state index contributed by atoms with van der Waals surface area (Å²) in [6.45, 7) is 4.28. The van der Waals surface area contributed by atoms with E-state index in [1.165, 1.54) is 13.3 Å². The molecule has 126 valence electrons. The molecule has 0 atom stereocenters. The molecule has 0 aliphatic carbocycles. The van der Waals surface area contributed by atoms with Crippen LogP contribution in [0.15, 0.2) is 24.3 Å². The van der Waals surface area contributed by atoms with Gasteiger partial charge >= 0.3 is 0 Å². The van der Waals surface area contributed by atoms with E-state index in [-0.39, 0.29) is 11.8 Å². The molecule has 0 radical (unpaired) electrons. The Morgan fingerprint density at radius 2 is 1.83 bits per heavy atom. The van der Waals surface area contributed by atoms with Gasteiger partial charge in [0, 0.05) is 25.7 Å². The van der Waals surface area contributed by atoms with E-state index in [1.54, 1.807) is 0 Å². The van der Waals surface area contributed by atoms with Gasteiger partial charge in [0.1, 0.15) is 0 Å². The van der Waals surface area contributed by atoms with E-state index in [4.69, 9.17) is 0 Å². The minimum atomic E-state index is -0.0880. The molecule has 1 aromatic carbocycles. The van der Waals surface area contributed by atoms with Crippen molar-refractivity contribution in [1.29, 1.82) is 0 Å². The molecule has 1 aliphatic rings. The van der Waals surface area contributed by atoms with Gasteiger partial charge in [0.15, 0.2) is 0 Å². The van der Waals surface area contributed by atoms with Crippen molar-refractivity contribution < 1.29 is 9.59 Å². The largest absolute Gasteiger partial charge is 0.342 e. The maximum absolute atomic E-state index is 12.4. The molecule has 2 rings (SSSR count). The number of amides is 2. The number of nitrogens with one attached hydrogen (secondary N) is 2. The molecule has 5 nitrogen and oxygen atoms in total. The van der Waals surface area contributed by atoms with E-state index < -0.39 is 0 Å². The molecule has 0 bridgehead atoms. The fourth-order valence-corrected chi connectivity index (χ4v) is 3.02. The van der Waals surface area contributed by atoms with Gasteiger partial charge < -0.3 is 15.5 Å². The molecule has 2 N–H and O–H groups in total. The first kappa shape index (κ1) is 17.5. The summed E-state index contributed by atoms with van der Waals surface area (Å²) in [5.41, 5.74) is 1.75. The third-order valence-corrected chi connectivity index (χ3v) is 4.40. The van der Waals surface area contributed by atoms with Crippen LogP contribution in [0.2, 0.25) is 0 Å². The Hall–Kier alpha value is -1.88. The lowest BCUT2D eigenvalue weighted by Crippen LogP contribution is -2.39. The van der Waals surface area contributed by atoms with E-state index >= 15 is 0 Å². The maximum atomic E-state index is 12.4. The Balaban J connectivity index is 1.79. The van der Waals surface area contributed by atoms with Crippen LogP contribution < -0.4 is 10.6 Å². The number of carbonyl (C=O) groups is 2. The van der Waals surface area contributed by atoms with Crippen LogP contribution in [0.3, 0.4) is 0 Å². The first-order chi connectivity index (χ1) is 11.1. The molecule has 0 spiro atoms. The number of hydrogen-bond donors (Lipinski definition) is 2. The zero-order valence-electron chi connectivity index (χ0n) is 14.1. The van der Waals surface area contributed by atoms with Crippen molar-refractivity contribution >= 4 is 17.5 Å². The molecule has 0 aromatic heterocycles. The predicted molar refractivity (Wildman–Crippen MR) is 92.3 cm³/mol. The fourth-order valence-electron chi connectivity index (χ4n) is 3.02. The van der Waals surface area contributed by atoms with Gasteiger partial charge in [-0.2, -0.15) is 0 Å². The zero-order valence-corrected chi connectivity index (χ0v) is 14.1. The van der Waals surface area contributed by atoms with Gasteiger partial charge in [0.2, 0.25) is 11.8 Å². The molecular weight excluding hydrogens is 290 g/mol. The number of hydrogen-bond acceptors (Lipinski definition) is 3. The lowest BCUT2D eigenvalue weighted by molar-refractivity contribution is -0.131. The lowest BCUT2D eigenvalue weighted by Gasteiger charge is -2.32. The molecule has 1 fully saturated rings. The summed E-state index contributed by atoms with van der Waals surface area (Å²) in [6.07, 6.45) is 3.84. The number of piperidine rings is 1. The summed E-state index contributed by atoms with van der Waals surface area (Å²) in [4.78, 5) is 25.4. The molecule has 0 unspecified atom stereocenters. The molecule has 0 saturated carbocycles. The number of carbonyl (C=O) groups excluding carboxylic acids is 2. The highest BCUT2D eigenvalue weighted by molar-refractivity contribution is 5.88. The number of rotatable bonds is 6. The second-order valence-electron chi connectivity index (χ2n) is 6.27. The van der Waals surface area contributed by atoms with Gasteiger partial charge in [-0.05, 0) is 56.5 Å². The van der Waals surface area contributed by atoms with Gasteiger partial charge in [0.05, 0.1) is 6.42 Å². The van der Waals surface area contributed by atoms with E-state index in [2.05, 4.69) is 10.6 Å². The van der Waals surface area contributed by atoms with Crippen LogP contribution in [0.25, 0.3) is 0 Å². The number of likely N-dealkylation sites (tertiary alicyclic amines) is 1. The van der Waals surface area contributed by atoms with Crippen LogP contribution in [0.1, 0.15) is 31.7 Å². The van der Waals surface area contributed by atoms with Crippen LogP contribution >= 0.6 is 0 Å². The van der Waals surface area contributed by atoms with Crippen LogP contribution in [0, 0.1) is 5.92 Å². The number of benzene rings is 1. The monoisotopic (exact) mass is 317 g/mol. The first-order valence-electron chi connectivity index (χ1n) is 8.37. The third-order valence-electron chi connectivity index (χ3n) is 4.40. The summed E-state index contributed by atoms with van der Waals surface area (Å²) in [5.74, 6) is 0.850. The summed E-state index contributed by atoms with van der Waals surface area (Å²) in [7, 11) is 1.98. The molecule has 1 aromatic rings. The van der Waals surface area contributed by atoms with E-state index in [9.17, 15) is 9.59 Å². The topological polar surface area (TPSA) is 61.4 Å². The van der Waals surface area contributed by atoms with Gasteiger partial charge in [-0.3, -0.25) is 9.59 Å². The van der Waals surface area contributed by atoms with Crippen molar-refractivity contribution in [2.45, 2.75) is 32.6 Å². The van der Waals surface area contributed by atoms with E-state index in [1.807, 2.05) is 36.2 Å². The van der Waals surface area contributed by atoms with Crippen molar-refractivity contribution in [2.24, 2.45) is 5.92 Å². The van der Waals surface area contributed by atoms with Crippen LogP contribution in [0.5, 0.6) is 0 Å². The minimum Gasteiger partial charge on any atom is -0.342 e.